The van der Waals surface area contributed by atoms with Gasteiger partial charge in [0.2, 0.25) is 0 Å². The van der Waals surface area contributed by atoms with Crippen LogP contribution in [0.3, 0.4) is 0 Å². The molecule has 1 fully saturated rings. The minimum Gasteiger partial charge on any atom is -1.00 e. The Bertz CT molecular complexity index is 1180. The van der Waals surface area contributed by atoms with Crippen molar-refractivity contribution in [1.82, 2.24) is 0 Å². The molecule has 1 saturated heterocycles. The van der Waals surface area contributed by atoms with Crippen molar-refractivity contribution in [2.24, 2.45) is 5.92 Å². The third-order valence-electron chi connectivity index (χ3n) is 6.79. The first-order chi connectivity index (χ1) is 15.1. The van der Waals surface area contributed by atoms with Crippen molar-refractivity contribution in [2.45, 2.75) is 26.3 Å². The first-order valence-electron chi connectivity index (χ1n) is 11.2. The smallest absolute Gasteiger partial charge is 0.139 e. The van der Waals surface area contributed by atoms with E-state index in [1.54, 1.807) is 0 Å². The molecule has 0 saturated carbocycles. The van der Waals surface area contributed by atoms with E-state index in [2.05, 4.69) is 43.3 Å². The average molecular weight is 470 g/mol. The molecule has 0 radical (unpaired) electrons. The molecule has 1 aliphatic heterocycles. The summed E-state index contributed by atoms with van der Waals surface area (Å²) in [6.45, 7) is 7.64. The average Bonchev–Trinajstić information content (AvgIpc) is 3.13. The number of benzene rings is 3. The summed E-state index contributed by atoms with van der Waals surface area (Å²) < 4.78 is 13.3. The maximum Gasteiger partial charge on any atom is 0.139 e. The summed E-state index contributed by atoms with van der Waals surface area (Å²) in [4.78, 5) is 0. The van der Waals surface area contributed by atoms with Gasteiger partial charge in [-0.2, -0.15) is 0 Å². The number of halogens is 2. The Kier molecular flexibility index (Phi) is 6.99. The van der Waals surface area contributed by atoms with Crippen LogP contribution in [-0.2, 0) is 6.54 Å². The zero-order chi connectivity index (χ0) is 21.3. The molecule has 32 heavy (non-hydrogen) atoms. The van der Waals surface area contributed by atoms with Gasteiger partial charge in [-0.3, -0.25) is 0 Å². The topological polar surface area (TPSA) is 22.4 Å². The van der Waals surface area contributed by atoms with Gasteiger partial charge in [-0.25, -0.2) is 0 Å². The van der Waals surface area contributed by atoms with E-state index < -0.39 is 0 Å². The van der Waals surface area contributed by atoms with Crippen molar-refractivity contribution in [3.8, 4) is 5.75 Å². The van der Waals surface area contributed by atoms with Crippen molar-refractivity contribution < 1.29 is 26.0 Å². The Labute approximate surface area is 200 Å². The van der Waals surface area contributed by atoms with Gasteiger partial charge in [0, 0.05) is 33.5 Å². The lowest BCUT2D eigenvalue weighted by Gasteiger charge is -2.43. The lowest BCUT2D eigenvalue weighted by molar-refractivity contribution is -0.946. The molecule has 0 N–H and O–H groups in total. The highest BCUT2D eigenvalue weighted by Crippen LogP contribution is 2.33. The number of fused-ring (bicyclic) bond motifs is 3. The molecule has 0 bridgehead atoms. The lowest BCUT2D eigenvalue weighted by Crippen LogP contribution is -3.00. The summed E-state index contributed by atoms with van der Waals surface area (Å²) in [6, 6.07) is 22.8. The predicted octanol–water partition coefficient (Wildman–Crippen LogP) is 4.07. The molecule has 1 aromatic heterocycles. The summed E-state index contributed by atoms with van der Waals surface area (Å²) in [7, 11) is 0. The van der Waals surface area contributed by atoms with Crippen LogP contribution in [0.5, 0.6) is 5.75 Å². The standard InChI is InChI=1S/C27H29ClNO2.ClH/c1-20-11-13-29(14-12-20,19-21-5-3-2-4-6-21)15-16-30-23-8-10-25-24-9-7-22(28)17-26(24)31-27(25)18-23;/h2-10,17-18,20H,11-16,19H2,1H3;1H/q+1;/p-1. The Balaban J connectivity index is 0.00000245. The molecule has 5 rings (SSSR count). The molecule has 0 amide bonds. The quantitative estimate of drug-likeness (QED) is 0.397. The van der Waals surface area contributed by atoms with Crippen LogP contribution in [0.4, 0.5) is 0 Å². The monoisotopic (exact) mass is 469 g/mol. The number of hydrogen-bond donors (Lipinski definition) is 0. The number of furan rings is 1. The fourth-order valence-corrected chi connectivity index (χ4v) is 5.02. The molecular formula is C27H29Cl2NO2. The minimum atomic E-state index is 0. The predicted molar refractivity (Wildman–Crippen MR) is 128 cm³/mol. The molecule has 1 aliphatic rings. The number of likely N-dealkylation sites (tertiary alicyclic amines) is 1. The van der Waals surface area contributed by atoms with E-state index >= 15 is 0 Å². The first kappa shape index (κ1) is 23.0. The number of nitrogens with zero attached hydrogens (tertiary/aromatic N) is 1. The van der Waals surface area contributed by atoms with Gasteiger partial charge in [0.15, 0.2) is 0 Å². The Hall–Kier alpha value is -2.20. The Morgan fingerprint density at radius 2 is 1.62 bits per heavy atom. The molecule has 4 aromatic rings. The zero-order valence-corrected chi connectivity index (χ0v) is 19.9. The summed E-state index contributed by atoms with van der Waals surface area (Å²) in [5, 5.41) is 2.86. The van der Waals surface area contributed by atoms with Crippen LogP contribution in [0.2, 0.25) is 5.02 Å². The molecule has 0 atom stereocenters. The number of rotatable bonds is 6. The van der Waals surface area contributed by atoms with Crippen LogP contribution in [0.25, 0.3) is 21.9 Å². The van der Waals surface area contributed by atoms with E-state index in [4.69, 9.17) is 20.8 Å². The van der Waals surface area contributed by atoms with Gasteiger partial charge < -0.3 is 26.0 Å². The Morgan fingerprint density at radius 3 is 2.38 bits per heavy atom. The van der Waals surface area contributed by atoms with Crippen LogP contribution in [-0.4, -0.2) is 30.7 Å². The molecule has 3 aromatic carbocycles. The summed E-state index contributed by atoms with van der Waals surface area (Å²) in [5.41, 5.74) is 3.07. The second-order valence-corrected chi connectivity index (χ2v) is 9.52. The van der Waals surface area contributed by atoms with Crippen LogP contribution in [0.15, 0.2) is 71.1 Å². The lowest BCUT2D eigenvalue weighted by atomic mass is 9.96. The SMILES string of the molecule is CC1CC[N+](CCOc2ccc3c(c2)oc2cc(Cl)ccc23)(Cc2ccccc2)CC1.[Cl-]. The fraction of sp³-hybridized carbons (Fsp3) is 0.333. The zero-order valence-electron chi connectivity index (χ0n) is 18.4. The summed E-state index contributed by atoms with van der Waals surface area (Å²) in [5.74, 6) is 1.69. The third kappa shape index (κ3) is 4.91. The molecular weight excluding hydrogens is 441 g/mol. The molecule has 5 heteroatoms. The van der Waals surface area contributed by atoms with E-state index in [9.17, 15) is 0 Å². The van der Waals surface area contributed by atoms with Crippen LogP contribution in [0, 0.1) is 5.92 Å². The van der Waals surface area contributed by atoms with Crippen LogP contribution in [0.1, 0.15) is 25.3 Å². The fourth-order valence-electron chi connectivity index (χ4n) is 4.85. The van der Waals surface area contributed by atoms with Gasteiger partial charge in [0.25, 0.3) is 0 Å². The Morgan fingerprint density at radius 1 is 0.938 bits per heavy atom. The third-order valence-corrected chi connectivity index (χ3v) is 7.03. The highest BCUT2D eigenvalue weighted by atomic mass is 35.5. The van der Waals surface area contributed by atoms with Crippen molar-refractivity contribution in [2.75, 3.05) is 26.2 Å². The van der Waals surface area contributed by atoms with E-state index in [1.165, 1.54) is 31.5 Å². The highest BCUT2D eigenvalue weighted by molar-refractivity contribution is 6.31. The summed E-state index contributed by atoms with van der Waals surface area (Å²) >= 11 is 6.11. The highest BCUT2D eigenvalue weighted by Gasteiger charge is 2.32. The minimum absolute atomic E-state index is 0. The number of hydrogen-bond acceptors (Lipinski definition) is 2. The summed E-state index contributed by atoms with van der Waals surface area (Å²) in [6.07, 6.45) is 2.58. The van der Waals surface area contributed by atoms with Crippen LogP contribution < -0.4 is 17.1 Å². The molecule has 2 heterocycles. The second-order valence-electron chi connectivity index (χ2n) is 9.09. The van der Waals surface area contributed by atoms with Gasteiger partial charge in [-0.15, -0.1) is 0 Å². The molecule has 0 aliphatic carbocycles. The first-order valence-corrected chi connectivity index (χ1v) is 11.6. The van der Waals surface area contributed by atoms with E-state index in [-0.39, 0.29) is 12.4 Å². The van der Waals surface area contributed by atoms with Crippen molar-refractivity contribution >= 4 is 33.5 Å². The number of quaternary nitrogens is 1. The van der Waals surface area contributed by atoms with Gasteiger partial charge in [0.1, 0.15) is 36.6 Å². The molecule has 0 unspecified atom stereocenters. The molecule has 0 spiro atoms. The number of ether oxygens (including phenoxy) is 1. The normalized spacial score (nSPS) is 20.9. The van der Waals surface area contributed by atoms with E-state index in [0.29, 0.717) is 11.6 Å². The second kappa shape index (κ2) is 9.74. The van der Waals surface area contributed by atoms with Crippen LogP contribution >= 0.6 is 11.6 Å². The van der Waals surface area contributed by atoms with Gasteiger partial charge >= 0.3 is 0 Å². The number of piperidine rings is 1. The van der Waals surface area contributed by atoms with E-state index in [0.717, 1.165) is 51.2 Å². The van der Waals surface area contributed by atoms with Crippen molar-refractivity contribution in [1.29, 1.82) is 0 Å². The van der Waals surface area contributed by atoms with Crippen molar-refractivity contribution in [3.05, 3.63) is 77.3 Å². The van der Waals surface area contributed by atoms with Crippen molar-refractivity contribution in [3.63, 3.8) is 0 Å². The maximum atomic E-state index is 6.22. The van der Waals surface area contributed by atoms with Gasteiger partial charge in [0.05, 0.1) is 13.1 Å². The van der Waals surface area contributed by atoms with E-state index in [1.807, 2.05) is 30.3 Å². The largest absolute Gasteiger partial charge is 1.00 e. The van der Waals surface area contributed by atoms with Gasteiger partial charge in [-0.1, -0.05) is 48.9 Å². The maximum absolute atomic E-state index is 6.22. The molecule has 3 nitrogen and oxygen atoms in total. The van der Waals surface area contributed by atoms with Gasteiger partial charge in [-0.05, 0) is 43.0 Å². The molecule has 168 valence electrons.